The number of carbonyl (C=O) groups excluding carboxylic acids is 2. The molecular weight excluding hydrogens is 254 g/mol. The highest BCUT2D eigenvalue weighted by molar-refractivity contribution is 6.06. The van der Waals surface area contributed by atoms with E-state index in [0.717, 1.165) is 6.42 Å². The van der Waals surface area contributed by atoms with Crippen LogP contribution in [-0.4, -0.2) is 53.2 Å². The molecule has 7 heteroatoms. The predicted molar refractivity (Wildman–Crippen MR) is 66.6 cm³/mol. The number of hydrogen-bond acceptors (Lipinski definition) is 6. The number of carboxylic acids is 1. The molecule has 0 aromatic heterocycles. The smallest absolute Gasteiger partial charge is 0.350 e. The second-order valence-corrected chi connectivity index (χ2v) is 4.31. The van der Waals surface area contributed by atoms with E-state index in [-0.39, 0.29) is 6.61 Å². The molecule has 0 spiro atoms. The minimum atomic E-state index is -2.82. The van der Waals surface area contributed by atoms with Crippen LogP contribution in [0.5, 0.6) is 0 Å². The Hall–Kier alpha value is -1.47. The molecule has 0 rings (SSSR count). The van der Waals surface area contributed by atoms with Gasteiger partial charge in [-0.15, -0.1) is 0 Å². The molecule has 3 N–H and O–H groups in total. The molecule has 0 aliphatic rings. The monoisotopic (exact) mass is 275 g/mol. The average Bonchev–Trinajstić information content (AvgIpc) is 2.37. The number of aliphatic hydroxyl groups is 1. The molecule has 0 aromatic carbocycles. The van der Waals surface area contributed by atoms with Gasteiger partial charge in [-0.25, -0.2) is 9.59 Å². The van der Waals surface area contributed by atoms with Crippen molar-refractivity contribution < 1.29 is 29.3 Å². The minimum absolute atomic E-state index is 0.0146. The van der Waals surface area contributed by atoms with Crippen molar-refractivity contribution in [1.29, 1.82) is 0 Å². The van der Waals surface area contributed by atoms with E-state index in [1.54, 1.807) is 0 Å². The van der Waals surface area contributed by atoms with E-state index in [9.17, 15) is 19.5 Å². The number of carboxylic acid groups (broad SMARTS) is 1. The highest BCUT2D eigenvalue weighted by Gasteiger charge is 2.48. The Balaban J connectivity index is 4.80. The van der Waals surface area contributed by atoms with Crippen molar-refractivity contribution in [2.75, 3.05) is 13.7 Å². The summed E-state index contributed by atoms with van der Waals surface area (Å²) in [5.41, 5.74) is -2.82. The largest absolute Gasteiger partial charge is 0.479 e. The second-order valence-electron chi connectivity index (χ2n) is 4.31. The summed E-state index contributed by atoms with van der Waals surface area (Å²) in [4.78, 5) is 34.3. The van der Waals surface area contributed by atoms with Gasteiger partial charge < -0.3 is 20.3 Å². The fourth-order valence-corrected chi connectivity index (χ4v) is 1.23. The normalized spacial score (nSPS) is 15.4. The van der Waals surface area contributed by atoms with Gasteiger partial charge in [0.15, 0.2) is 5.78 Å². The Bertz CT molecular complexity index is 343. The first kappa shape index (κ1) is 17.5. The number of nitrogens with one attached hydrogen (secondary N) is 1. The molecule has 1 unspecified atom stereocenters. The summed E-state index contributed by atoms with van der Waals surface area (Å²) in [6.45, 7) is 3.39. The van der Waals surface area contributed by atoms with Crippen molar-refractivity contribution in [3.63, 3.8) is 0 Å². The second kappa shape index (κ2) is 7.85. The van der Waals surface area contributed by atoms with Gasteiger partial charge in [0.25, 0.3) is 5.60 Å². The molecule has 0 heterocycles. The molecule has 110 valence electrons. The van der Waals surface area contributed by atoms with E-state index in [0.29, 0.717) is 6.42 Å². The number of unbranched alkanes of at least 4 members (excludes halogenated alkanes) is 1. The zero-order valence-electron chi connectivity index (χ0n) is 11.4. The zero-order chi connectivity index (χ0) is 15.1. The Kier molecular flexibility index (Phi) is 7.25. The topological polar surface area (TPSA) is 113 Å². The fraction of sp³-hybridized carbons (Fsp3) is 0.750. The van der Waals surface area contributed by atoms with Crippen LogP contribution in [-0.2, 0) is 19.1 Å². The van der Waals surface area contributed by atoms with Crippen LogP contribution in [0, 0.1) is 0 Å². The third-order valence-electron chi connectivity index (χ3n) is 2.77. The first-order valence-electron chi connectivity index (χ1n) is 6.12. The molecule has 0 bridgehead atoms. The molecule has 0 aliphatic heterocycles. The van der Waals surface area contributed by atoms with Gasteiger partial charge in [0, 0.05) is 0 Å². The van der Waals surface area contributed by atoms with Crippen LogP contribution in [0.15, 0.2) is 0 Å². The van der Waals surface area contributed by atoms with Crippen molar-refractivity contribution in [2.24, 2.45) is 0 Å². The lowest BCUT2D eigenvalue weighted by molar-refractivity contribution is -0.182. The molecule has 0 saturated heterocycles. The molecule has 0 amide bonds. The third kappa shape index (κ3) is 4.96. The predicted octanol–water partition coefficient (Wildman–Crippen LogP) is -0.287. The van der Waals surface area contributed by atoms with E-state index in [2.05, 4.69) is 10.1 Å². The highest BCUT2D eigenvalue weighted by Crippen LogP contribution is 2.15. The molecule has 0 aliphatic carbocycles. The first-order chi connectivity index (χ1) is 8.79. The van der Waals surface area contributed by atoms with Crippen molar-refractivity contribution in [1.82, 2.24) is 5.32 Å². The van der Waals surface area contributed by atoms with Crippen LogP contribution in [0.25, 0.3) is 0 Å². The Morgan fingerprint density at radius 1 is 1.37 bits per heavy atom. The molecule has 2 atom stereocenters. The number of rotatable bonds is 9. The summed E-state index contributed by atoms with van der Waals surface area (Å²) < 4.78 is 4.68. The summed E-state index contributed by atoms with van der Waals surface area (Å²) in [6, 6.07) is -0.658. The van der Waals surface area contributed by atoms with Crippen LogP contribution in [0.4, 0.5) is 0 Å². The fourth-order valence-electron chi connectivity index (χ4n) is 1.23. The van der Waals surface area contributed by atoms with Crippen LogP contribution in [0.1, 0.15) is 33.1 Å². The standard InChI is InChI=1S/C12H21NO6/c1-4-5-6-19-11(17)12(18,10(15)16)7-9(14)8(2)13-3/h8,13,18H,4-7H2,1-3H3,(H,15,16)/t8-,12?/m0/s1. The lowest BCUT2D eigenvalue weighted by Crippen LogP contribution is -2.51. The van der Waals surface area contributed by atoms with E-state index in [1.807, 2.05) is 6.92 Å². The highest BCUT2D eigenvalue weighted by atomic mass is 16.6. The zero-order valence-corrected chi connectivity index (χ0v) is 11.4. The number of likely N-dealkylation sites (N-methyl/N-ethyl adjacent to an activating group) is 1. The number of esters is 1. The third-order valence-corrected chi connectivity index (χ3v) is 2.77. The summed E-state index contributed by atoms with van der Waals surface area (Å²) in [5, 5.41) is 21.4. The molecule has 0 fully saturated rings. The quantitative estimate of drug-likeness (QED) is 0.301. The van der Waals surface area contributed by atoms with Crippen molar-refractivity contribution >= 4 is 17.7 Å². The summed E-state index contributed by atoms with van der Waals surface area (Å²) >= 11 is 0. The maximum Gasteiger partial charge on any atom is 0.350 e. The van der Waals surface area contributed by atoms with Gasteiger partial charge in [0.1, 0.15) is 0 Å². The van der Waals surface area contributed by atoms with E-state index in [1.165, 1.54) is 14.0 Å². The molecule has 0 aromatic rings. The van der Waals surface area contributed by atoms with Crippen LogP contribution >= 0.6 is 0 Å². The first-order valence-corrected chi connectivity index (χ1v) is 6.12. The van der Waals surface area contributed by atoms with Gasteiger partial charge >= 0.3 is 11.9 Å². The molecular formula is C12H21NO6. The Morgan fingerprint density at radius 2 is 1.95 bits per heavy atom. The SMILES string of the molecule is CCCCOC(=O)C(O)(CC(=O)[C@H](C)NC)C(=O)O. The van der Waals surface area contributed by atoms with Crippen molar-refractivity contribution in [3.05, 3.63) is 0 Å². The van der Waals surface area contributed by atoms with E-state index >= 15 is 0 Å². The number of hydrogen-bond donors (Lipinski definition) is 3. The van der Waals surface area contributed by atoms with Gasteiger partial charge in [0.2, 0.25) is 0 Å². The number of carbonyl (C=O) groups is 3. The van der Waals surface area contributed by atoms with Gasteiger partial charge in [-0.2, -0.15) is 0 Å². The van der Waals surface area contributed by atoms with Gasteiger partial charge in [0.05, 0.1) is 19.1 Å². The Morgan fingerprint density at radius 3 is 2.37 bits per heavy atom. The molecule has 7 nitrogen and oxygen atoms in total. The lowest BCUT2D eigenvalue weighted by Gasteiger charge is -2.22. The molecule has 19 heavy (non-hydrogen) atoms. The summed E-state index contributed by atoms with van der Waals surface area (Å²) in [7, 11) is 1.52. The number of ketones is 1. The van der Waals surface area contributed by atoms with Gasteiger partial charge in [-0.3, -0.25) is 4.79 Å². The Labute approximate surface area is 111 Å². The summed E-state index contributed by atoms with van der Waals surface area (Å²) in [5.74, 6) is -3.67. The van der Waals surface area contributed by atoms with Gasteiger partial charge in [-0.1, -0.05) is 13.3 Å². The van der Waals surface area contributed by atoms with E-state index < -0.39 is 35.8 Å². The number of aliphatic carboxylic acids is 1. The lowest BCUT2D eigenvalue weighted by atomic mass is 9.94. The maximum absolute atomic E-state index is 11.6. The maximum atomic E-state index is 11.6. The molecule has 0 radical (unpaired) electrons. The average molecular weight is 275 g/mol. The van der Waals surface area contributed by atoms with Crippen LogP contribution in [0.3, 0.4) is 0 Å². The van der Waals surface area contributed by atoms with Crippen LogP contribution < -0.4 is 5.32 Å². The van der Waals surface area contributed by atoms with Gasteiger partial charge in [-0.05, 0) is 20.4 Å². The van der Waals surface area contributed by atoms with Crippen molar-refractivity contribution in [3.8, 4) is 0 Å². The van der Waals surface area contributed by atoms with E-state index in [4.69, 9.17) is 5.11 Å². The minimum Gasteiger partial charge on any atom is -0.479 e. The van der Waals surface area contributed by atoms with Crippen molar-refractivity contribution in [2.45, 2.75) is 44.8 Å². The number of Topliss-reactive ketones (excluding diaryl/α,β-unsaturated/α-hetero) is 1. The van der Waals surface area contributed by atoms with Crippen LogP contribution in [0.2, 0.25) is 0 Å². The molecule has 0 saturated carbocycles. The number of ether oxygens (including phenoxy) is 1. The summed E-state index contributed by atoms with van der Waals surface area (Å²) in [6.07, 6.45) is 0.492.